The lowest BCUT2D eigenvalue weighted by molar-refractivity contribution is -0.141. The topological polar surface area (TPSA) is 98.7 Å². The number of carbonyl (C=O) groups excluding carboxylic acids is 2. The van der Waals surface area contributed by atoms with E-state index < -0.39 is 29.0 Å². The van der Waals surface area contributed by atoms with Crippen molar-refractivity contribution in [3.8, 4) is 0 Å². The van der Waals surface area contributed by atoms with Crippen LogP contribution in [-0.4, -0.2) is 59.5 Å². The van der Waals surface area contributed by atoms with Crippen LogP contribution in [0.15, 0.2) is 11.6 Å². The second kappa shape index (κ2) is 9.35. The first-order valence-electron chi connectivity index (χ1n) is 9.24. The van der Waals surface area contributed by atoms with Gasteiger partial charge in [-0.15, -0.1) is 0 Å². The second-order valence-electron chi connectivity index (χ2n) is 8.99. The molecular formula is C20H37N3O4. The van der Waals surface area contributed by atoms with E-state index in [4.69, 9.17) is 0 Å². The molecule has 156 valence electrons. The number of amides is 2. The smallest absolute Gasteiger partial charge is 0.331 e. The Balaban J connectivity index is 5.81. The molecule has 0 saturated heterocycles. The molecule has 7 heteroatoms. The van der Waals surface area contributed by atoms with Crippen LogP contribution in [0.25, 0.3) is 0 Å². The number of carboxylic acid groups (broad SMARTS) is 1. The Hall–Kier alpha value is -1.89. The van der Waals surface area contributed by atoms with E-state index in [1.165, 1.54) is 11.8 Å². The predicted octanol–water partition coefficient (Wildman–Crippen LogP) is 2.03. The minimum atomic E-state index is -1.02. The number of hydrogen-bond donors (Lipinski definition) is 3. The Kier molecular flexibility index (Phi) is 8.70. The highest BCUT2D eigenvalue weighted by Gasteiger charge is 2.39. The van der Waals surface area contributed by atoms with Crippen LogP contribution in [-0.2, 0) is 14.4 Å². The summed E-state index contributed by atoms with van der Waals surface area (Å²) >= 11 is 0. The average molecular weight is 384 g/mol. The number of hydrogen-bond acceptors (Lipinski definition) is 4. The number of rotatable bonds is 8. The van der Waals surface area contributed by atoms with Gasteiger partial charge in [0.25, 0.3) is 0 Å². The average Bonchev–Trinajstić information content (AvgIpc) is 2.54. The highest BCUT2D eigenvalue weighted by Crippen LogP contribution is 2.24. The fourth-order valence-electron chi connectivity index (χ4n) is 2.50. The fraction of sp³-hybridized carbons (Fsp3) is 0.750. The standard InChI is InChI=1S/C20H37N3O4/c1-12(2)14(11-13(3)17(25)26)23(10)16(24)15(19(4,5)6)22-18(27)20(7,8)21-9/h11-12,14-15,21H,1-10H3,(H,22,27)(H,25,26)/b13-11+/t14-,15?/m1/s1. The van der Waals surface area contributed by atoms with Crippen molar-refractivity contribution in [1.82, 2.24) is 15.5 Å². The highest BCUT2D eigenvalue weighted by atomic mass is 16.4. The molecular weight excluding hydrogens is 346 g/mol. The molecule has 0 rings (SSSR count). The zero-order valence-electron chi connectivity index (χ0n) is 18.4. The van der Waals surface area contributed by atoms with Gasteiger partial charge in [0, 0.05) is 12.6 Å². The summed E-state index contributed by atoms with van der Waals surface area (Å²) in [4.78, 5) is 38.6. The lowest BCUT2D eigenvalue weighted by atomic mass is 9.84. The Morgan fingerprint density at radius 1 is 1.07 bits per heavy atom. The summed E-state index contributed by atoms with van der Waals surface area (Å²) in [7, 11) is 3.33. The SMILES string of the molecule is CNC(C)(C)C(=O)NC(C(=O)N(C)[C@H](/C=C(\C)C(=O)O)C(C)C)C(C)(C)C. The predicted molar refractivity (Wildman–Crippen MR) is 107 cm³/mol. The minimum Gasteiger partial charge on any atom is -0.478 e. The summed E-state index contributed by atoms with van der Waals surface area (Å²) in [5.41, 5.74) is -1.15. The van der Waals surface area contributed by atoms with E-state index in [2.05, 4.69) is 10.6 Å². The number of nitrogens with zero attached hydrogens (tertiary/aromatic N) is 1. The molecule has 0 spiro atoms. The van der Waals surface area contributed by atoms with Gasteiger partial charge in [0.2, 0.25) is 11.8 Å². The largest absolute Gasteiger partial charge is 0.478 e. The third-order valence-corrected chi connectivity index (χ3v) is 4.82. The highest BCUT2D eigenvalue weighted by molar-refractivity contribution is 5.92. The van der Waals surface area contributed by atoms with Gasteiger partial charge in [-0.05, 0) is 39.2 Å². The molecule has 2 amide bonds. The first-order chi connectivity index (χ1) is 12.1. The van der Waals surface area contributed by atoms with Gasteiger partial charge in [0.05, 0.1) is 11.6 Å². The van der Waals surface area contributed by atoms with Crippen molar-refractivity contribution in [2.45, 2.75) is 73.0 Å². The molecule has 0 aromatic rings. The lowest BCUT2D eigenvalue weighted by Gasteiger charge is -2.38. The van der Waals surface area contributed by atoms with Crippen LogP contribution in [0.5, 0.6) is 0 Å². The third-order valence-electron chi connectivity index (χ3n) is 4.82. The maximum absolute atomic E-state index is 13.3. The van der Waals surface area contributed by atoms with E-state index in [0.29, 0.717) is 0 Å². The summed E-state index contributed by atoms with van der Waals surface area (Å²) in [5.74, 6) is -1.53. The van der Waals surface area contributed by atoms with E-state index in [-0.39, 0.29) is 23.3 Å². The zero-order valence-corrected chi connectivity index (χ0v) is 18.4. The molecule has 0 bridgehead atoms. The van der Waals surface area contributed by atoms with Crippen LogP contribution in [0, 0.1) is 11.3 Å². The van der Waals surface area contributed by atoms with Crippen molar-refractivity contribution in [1.29, 1.82) is 0 Å². The van der Waals surface area contributed by atoms with Gasteiger partial charge in [-0.3, -0.25) is 9.59 Å². The molecule has 0 aromatic heterocycles. The van der Waals surface area contributed by atoms with Crippen LogP contribution in [0.2, 0.25) is 0 Å². The van der Waals surface area contributed by atoms with Crippen molar-refractivity contribution < 1.29 is 19.5 Å². The molecule has 1 unspecified atom stereocenters. The second-order valence-corrected chi connectivity index (χ2v) is 8.99. The van der Waals surface area contributed by atoms with Gasteiger partial charge < -0.3 is 20.6 Å². The summed E-state index contributed by atoms with van der Waals surface area (Å²) < 4.78 is 0. The van der Waals surface area contributed by atoms with Crippen molar-refractivity contribution in [2.24, 2.45) is 11.3 Å². The Morgan fingerprint density at radius 2 is 1.56 bits per heavy atom. The Morgan fingerprint density at radius 3 is 1.89 bits per heavy atom. The number of nitrogens with one attached hydrogen (secondary N) is 2. The van der Waals surface area contributed by atoms with E-state index in [9.17, 15) is 19.5 Å². The maximum Gasteiger partial charge on any atom is 0.331 e. The van der Waals surface area contributed by atoms with Crippen LogP contribution in [0.1, 0.15) is 55.4 Å². The van der Waals surface area contributed by atoms with E-state index >= 15 is 0 Å². The summed E-state index contributed by atoms with van der Waals surface area (Å²) in [5, 5.41) is 15.0. The summed E-state index contributed by atoms with van der Waals surface area (Å²) in [6.45, 7) is 14.5. The first-order valence-corrected chi connectivity index (χ1v) is 9.24. The van der Waals surface area contributed by atoms with E-state index in [0.717, 1.165) is 0 Å². The van der Waals surface area contributed by atoms with Crippen LogP contribution in [0.3, 0.4) is 0 Å². The molecule has 0 aliphatic rings. The molecule has 0 aromatic carbocycles. The van der Waals surface area contributed by atoms with Gasteiger partial charge in [0.15, 0.2) is 0 Å². The summed E-state index contributed by atoms with van der Waals surface area (Å²) in [6, 6.07) is -1.14. The van der Waals surface area contributed by atoms with Crippen LogP contribution < -0.4 is 10.6 Å². The third kappa shape index (κ3) is 6.97. The van der Waals surface area contributed by atoms with Gasteiger partial charge in [-0.25, -0.2) is 4.79 Å². The van der Waals surface area contributed by atoms with Crippen LogP contribution in [0.4, 0.5) is 0 Å². The molecule has 2 atom stereocenters. The van der Waals surface area contributed by atoms with E-state index in [1.54, 1.807) is 34.0 Å². The molecule has 0 saturated carbocycles. The summed E-state index contributed by atoms with van der Waals surface area (Å²) in [6.07, 6.45) is 1.59. The normalized spacial score (nSPS) is 15.3. The van der Waals surface area contributed by atoms with Crippen LogP contribution >= 0.6 is 0 Å². The molecule has 0 radical (unpaired) electrons. The molecule has 0 aliphatic carbocycles. The number of likely N-dealkylation sites (N-methyl/N-ethyl adjacent to an activating group) is 2. The number of aliphatic carboxylic acids is 1. The van der Waals surface area contributed by atoms with E-state index in [1.807, 2.05) is 34.6 Å². The number of carbonyl (C=O) groups is 3. The number of carboxylic acids is 1. The fourth-order valence-corrected chi connectivity index (χ4v) is 2.50. The molecule has 0 heterocycles. The van der Waals surface area contributed by atoms with Gasteiger partial charge in [-0.1, -0.05) is 40.7 Å². The Labute approximate surface area is 163 Å². The van der Waals surface area contributed by atoms with Gasteiger partial charge in [-0.2, -0.15) is 0 Å². The molecule has 0 fully saturated rings. The zero-order chi connectivity index (χ0) is 21.7. The van der Waals surface area contributed by atoms with Crippen molar-refractivity contribution in [2.75, 3.05) is 14.1 Å². The van der Waals surface area contributed by atoms with Gasteiger partial charge >= 0.3 is 5.97 Å². The monoisotopic (exact) mass is 383 g/mol. The molecule has 27 heavy (non-hydrogen) atoms. The maximum atomic E-state index is 13.3. The molecule has 0 aliphatic heterocycles. The minimum absolute atomic E-state index is 0.0123. The van der Waals surface area contributed by atoms with Crippen molar-refractivity contribution in [3.63, 3.8) is 0 Å². The van der Waals surface area contributed by atoms with Crippen molar-refractivity contribution in [3.05, 3.63) is 11.6 Å². The molecule has 3 N–H and O–H groups in total. The van der Waals surface area contributed by atoms with Gasteiger partial charge in [0.1, 0.15) is 6.04 Å². The molecule has 7 nitrogen and oxygen atoms in total. The first kappa shape index (κ1) is 25.1. The van der Waals surface area contributed by atoms with Crippen molar-refractivity contribution >= 4 is 17.8 Å². The quantitative estimate of drug-likeness (QED) is 0.557. The lowest BCUT2D eigenvalue weighted by Crippen LogP contribution is -2.61. The Bertz CT molecular complexity index is 589.